The molecule has 0 unspecified atom stereocenters. The Morgan fingerprint density at radius 2 is 1.94 bits per heavy atom. The lowest BCUT2D eigenvalue weighted by Gasteiger charge is -2.11. The second kappa shape index (κ2) is 9.47. The van der Waals surface area contributed by atoms with Crippen molar-refractivity contribution in [2.24, 2.45) is 0 Å². The average Bonchev–Trinajstić information content (AvgIpc) is 3.19. The lowest BCUT2D eigenvalue weighted by atomic mass is 10.0. The zero-order valence-corrected chi connectivity index (χ0v) is 19.5. The number of hydrogen-bond acceptors (Lipinski definition) is 5. The normalized spacial score (nSPS) is 11.6. The number of nitrogens with zero attached hydrogens (tertiary/aromatic N) is 2. The number of hydrogen-bond donors (Lipinski definition) is 2. The number of carbonyl (C=O) groups excluding carboxylic acids is 1. The van der Waals surface area contributed by atoms with E-state index in [1.165, 1.54) is 6.20 Å². The van der Waals surface area contributed by atoms with Gasteiger partial charge in [0, 0.05) is 18.2 Å². The number of aromatic nitrogens is 3. The summed E-state index contributed by atoms with van der Waals surface area (Å²) in [4.78, 5) is 24.5. The summed E-state index contributed by atoms with van der Waals surface area (Å²) >= 11 is 6.22. The van der Waals surface area contributed by atoms with Gasteiger partial charge in [0.05, 0.1) is 27.5 Å². The van der Waals surface area contributed by atoms with Crippen molar-refractivity contribution in [2.75, 3.05) is 10.5 Å². The van der Waals surface area contributed by atoms with Crippen LogP contribution in [0.3, 0.4) is 0 Å². The lowest BCUT2D eigenvalue weighted by molar-refractivity contribution is 0.0985. The number of fused-ring (bicyclic) bond motifs is 1. The summed E-state index contributed by atoms with van der Waals surface area (Å²) in [6, 6.07) is 10.5. The fourth-order valence-electron chi connectivity index (χ4n) is 3.47. The van der Waals surface area contributed by atoms with Crippen molar-refractivity contribution >= 4 is 44.3 Å². The van der Waals surface area contributed by atoms with E-state index in [0.29, 0.717) is 39.6 Å². The first kappa shape index (κ1) is 23.8. The summed E-state index contributed by atoms with van der Waals surface area (Å²) < 4.78 is 55.3. The summed E-state index contributed by atoms with van der Waals surface area (Å²) in [5.41, 5.74) is 0.662. The van der Waals surface area contributed by atoms with Crippen molar-refractivity contribution in [2.45, 2.75) is 19.8 Å². The number of H-pyrrole nitrogens is 1. The van der Waals surface area contributed by atoms with Crippen molar-refractivity contribution < 1.29 is 22.0 Å². The number of sulfonamides is 1. The third-order valence-corrected chi connectivity index (χ3v) is 6.80. The van der Waals surface area contributed by atoms with E-state index in [0.717, 1.165) is 12.1 Å². The van der Waals surface area contributed by atoms with Gasteiger partial charge >= 0.3 is 0 Å². The number of pyridine rings is 1. The van der Waals surface area contributed by atoms with Gasteiger partial charge in [-0.2, -0.15) is 0 Å². The highest BCUT2D eigenvalue weighted by Crippen LogP contribution is 2.28. The van der Waals surface area contributed by atoms with E-state index < -0.39 is 38.7 Å². The molecule has 0 saturated carbocycles. The van der Waals surface area contributed by atoms with Crippen molar-refractivity contribution in [3.05, 3.63) is 76.4 Å². The van der Waals surface area contributed by atoms with Crippen LogP contribution < -0.4 is 4.72 Å². The quantitative estimate of drug-likeness (QED) is 0.323. The summed E-state index contributed by atoms with van der Waals surface area (Å²) in [6.07, 6.45) is 1.34. The molecule has 2 aromatic carbocycles. The fourth-order valence-corrected chi connectivity index (χ4v) is 4.83. The molecule has 0 saturated heterocycles. The molecule has 4 rings (SSSR count). The molecule has 176 valence electrons. The molecule has 2 aromatic heterocycles. The molecule has 0 aliphatic carbocycles. The predicted molar refractivity (Wildman–Crippen MR) is 126 cm³/mol. The van der Waals surface area contributed by atoms with E-state index >= 15 is 0 Å². The lowest BCUT2D eigenvalue weighted by Crippen LogP contribution is -2.19. The Balaban J connectivity index is 1.62. The van der Waals surface area contributed by atoms with Crippen LogP contribution in [0.1, 0.15) is 29.3 Å². The Morgan fingerprint density at radius 3 is 2.68 bits per heavy atom. The number of rotatable bonds is 8. The van der Waals surface area contributed by atoms with Crippen LogP contribution >= 0.6 is 11.6 Å². The Kier molecular flexibility index (Phi) is 6.63. The summed E-state index contributed by atoms with van der Waals surface area (Å²) in [5, 5.41) is 0.498. The van der Waals surface area contributed by atoms with Crippen LogP contribution in [-0.2, 0) is 16.4 Å². The molecular formula is C23H19ClF2N4O3S. The molecule has 0 atom stereocenters. The second-order valence-electron chi connectivity index (χ2n) is 7.58. The molecule has 0 fully saturated rings. The highest BCUT2D eigenvalue weighted by Gasteiger charge is 2.23. The Bertz CT molecular complexity index is 1510. The molecule has 34 heavy (non-hydrogen) atoms. The smallest absolute Gasteiger partial charge is 0.232 e. The molecule has 7 nitrogen and oxygen atoms in total. The van der Waals surface area contributed by atoms with Gasteiger partial charge in [0.1, 0.15) is 11.6 Å². The van der Waals surface area contributed by atoms with Gasteiger partial charge in [0.25, 0.3) is 0 Å². The molecular weight excluding hydrogens is 486 g/mol. The molecule has 2 heterocycles. The molecule has 0 aliphatic rings. The van der Waals surface area contributed by atoms with Gasteiger partial charge < -0.3 is 4.98 Å². The molecule has 4 aromatic rings. The van der Waals surface area contributed by atoms with Crippen LogP contribution in [0.25, 0.3) is 22.6 Å². The van der Waals surface area contributed by atoms with Gasteiger partial charge in [0.2, 0.25) is 10.0 Å². The van der Waals surface area contributed by atoms with E-state index in [1.54, 1.807) is 31.2 Å². The van der Waals surface area contributed by atoms with Crippen molar-refractivity contribution in [1.29, 1.82) is 0 Å². The number of ketones is 1. The second-order valence-corrected chi connectivity index (χ2v) is 9.83. The third kappa shape index (κ3) is 4.92. The number of aromatic amines is 1. The van der Waals surface area contributed by atoms with Gasteiger partial charge in [-0.05, 0) is 42.3 Å². The van der Waals surface area contributed by atoms with Gasteiger partial charge in [0.15, 0.2) is 17.2 Å². The maximum Gasteiger partial charge on any atom is 0.232 e. The van der Waals surface area contributed by atoms with Crippen LogP contribution in [0, 0.1) is 11.6 Å². The minimum Gasteiger partial charge on any atom is -0.337 e. The third-order valence-electron chi connectivity index (χ3n) is 5.00. The maximum atomic E-state index is 14.9. The van der Waals surface area contributed by atoms with Crippen LogP contribution in [0.5, 0.6) is 0 Å². The van der Waals surface area contributed by atoms with Crippen LogP contribution in [0.4, 0.5) is 14.5 Å². The zero-order valence-electron chi connectivity index (χ0n) is 17.9. The topological polar surface area (TPSA) is 105 Å². The maximum absolute atomic E-state index is 14.9. The van der Waals surface area contributed by atoms with Gasteiger partial charge in [-0.25, -0.2) is 27.2 Å². The first-order valence-corrected chi connectivity index (χ1v) is 12.3. The fraction of sp³-hybridized carbons (Fsp3) is 0.174. The van der Waals surface area contributed by atoms with Crippen LogP contribution in [0.15, 0.2) is 48.7 Å². The molecule has 0 spiro atoms. The Morgan fingerprint density at radius 1 is 1.18 bits per heavy atom. The Hall–Kier alpha value is -3.37. The van der Waals surface area contributed by atoms with E-state index in [9.17, 15) is 22.0 Å². The number of halogens is 3. The van der Waals surface area contributed by atoms with E-state index in [4.69, 9.17) is 11.6 Å². The van der Waals surface area contributed by atoms with E-state index in [-0.39, 0.29) is 12.2 Å². The van der Waals surface area contributed by atoms with Crippen molar-refractivity contribution in [1.82, 2.24) is 15.0 Å². The zero-order chi connectivity index (χ0) is 24.5. The monoisotopic (exact) mass is 504 g/mol. The van der Waals surface area contributed by atoms with Crippen LogP contribution in [0.2, 0.25) is 5.02 Å². The number of carbonyl (C=O) groups is 1. The predicted octanol–water partition coefficient (Wildman–Crippen LogP) is 5.13. The number of benzene rings is 2. The summed E-state index contributed by atoms with van der Waals surface area (Å²) in [5.74, 6) is -2.96. The number of nitrogens with one attached hydrogen (secondary N) is 2. The molecule has 0 radical (unpaired) electrons. The summed E-state index contributed by atoms with van der Waals surface area (Å²) in [6.45, 7) is 1.65. The summed E-state index contributed by atoms with van der Waals surface area (Å²) in [7, 11) is -3.82. The standard InChI is InChI=1S/C23H19ClF2N4O3S/c1-2-9-34(32,33)30-17-8-7-16(25)20(21(17)26)19(31)11-13-10-18-23(27-12-13)29-22(28-18)14-5-3-4-6-15(14)24/h3-8,10,12,30H,2,9,11H2,1H3,(H,27,28,29). The van der Waals surface area contributed by atoms with Gasteiger partial charge in [-0.15, -0.1) is 0 Å². The SMILES string of the molecule is CCCS(=O)(=O)Nc1ccc(F)c(C(=O)Cc2cnc3nc(-c4ccccc4Cl)[nH]c3c2)c1F. The van der Waals surface area contributed by atoms with Crippen LogP contribution in [-0.4, -0.2) is 34.9 Å². The van der Waals surface area contributed by atoms with Crippen molar-refractivity contribution in [3.63, 3.8) is 0 Å². The average molecular weight is 505 g/mol. The Labute approximate surface area is 199 Å². The highest BCUT2D eigenvalue weighted by molar-refractivity contribution is 7.92. The van der Waals surface area contributed by atoms with E-state index in [2.05, 4.69) is 19.7 Å². The first-order valence-electron chi connectivity index (χ1n) is 10.3. The minimum absolute atomic E-state index is 0.237. The van der Waals surface area contributed by atoms with Gasteiger partial charge in [-0.3, -0.25) is 9.52 Å². The molecule has 0 bridgehead atoms. The number of anilines is 1. The van der Waals surface area contributed by atoms with Crippen molar-refractivity contribution in [3.8, 4) is 11.4 Å². The highest BCUT2D eigenvalue weighted by atomic mass is 35.5. The number of imidazole rings is 1. The van der Waals surface area contributed by atoms with Gasteiger partial charge in [-0.1, -0.05) is 30.7 Å². The molecule has 2 N–H and O–H groups in total. The molecule has 0 amide bonds. The molecule has 11 heteroatoms. The van der Waals surface area contributed by atoms with E-state index in [1.807, 2.05) is 6.07 Å². The largest absolute Gasteiger partial charge is 0.337 e. The molecule has 0 aliphatic heterocycles. The first-order chi connectivity index (χ1) is 16.2. The number of Topliss-reactive ketones (excluding diaryl/α,β-unsaturated/α-hetero) is 1. The minimum atomic E-state index is -3.82.